The fraction of sp³-hybridized carbons (Fsp3) is 0.240. The first-order chi connectivity index (χ1) is 18.0. The van der Waals surface area contributed by atoms with Crippen molar-refractivity contribution in [3.63, 3.8) is 0 Å². The number of carbonyl (C=O) groups excluding carboxylic acids is 2. The number of carbonyl (C=O) groups is 3. The molecule has 1 aliphatic rings. The number of ether oxygens (including phenoxy) is 1. The minimum atomic E-state index is -4.62. The monoisotopic (exact) mass is 531 g/mol. The zero-order valence-corrected chi connectivity index (χ0v) is 20.2. The van der Waals surface area contributed by atoms with E-state index in [1.165, 1.54) is 29.3 Å². The van der Waals surface area contributed by atoms with Crippen molar-refractivity contribution >= 4 is 23.5 Å². The number of nitrogens with zero attached hydrogens (tertiary/aromatic N) is 4. The average Bonchev–Trinajstić information content (AvgIpc) is 2.92. The summed E-state index contributed by atoms with van der Waals surface area (Å²) in [4.78, 5) is 37.5. The highest BCUT2D eigenvalue weighted by Crippen LogP contribution is 2.32. The van der Waals surface area contributed by atoms with Crippen LogP contribution in [0.15, 0.2) is 60.8 Å². The molecule has 4 rings (SSSR count). The number of benzene rings is 2. The molecule has 0 spiro atoms. The summed E-state index contributed by atoms with van der Waals surface area (Å²) in [5.41, 5.74) is 4.31. The van der Waals surface area contributed by atoms with Crippen LogP contribution in [0.25, 0.3) is 0 Å². The molecule has 1 saturated heterocycles. The Labute approximate surface area is 215 Å². The quantitative estimate of drug-likeness (QED) is 0.513. The molecule has 0 aliphatic carbocycles. The highest BCUT2D eigenvalue weighted by Gasteiger charge is 2.36. The van der Waals surface area contributed by atoms with Gasteiger partial charge in [0.25, 0.3) is 5.91 Å². The van der Waals surface area contributed by atoms with Gasteiger partial charge < -0.3 is 25.4 Å². The van der Waals surface area contributed by atoms with E-state index in [0.717, 1.165) is 17.9 Å². The number of carboxylic acids is 1. The van der Waals surface area contributed by atoms with Crippen LogP contribution in [-0.2, 0) is 6.18 Å². The third-order valence-corrected chi connectivity index (χ3v) is 5.65. The van der Waals surface area contributed by atoms with Crippen LogP contribution in [0.2, 0.25) is 0 Å². The van der Waals surface area contributed by atoms with Gasteiger partial charge in [-0.1, -0.05) is 12.1 Å². The van der Waals surface area contributed by atoms with Crippen LogP contribution in [0.3, 0.4) is 0 Å². The smallest absolute Gasteiger partial charge is 0.417 e. The Morgan fingerprint density at radius 1 is 0.974 bits per heavy atom. The molecule has 200 valence electrons. The molecule has 1 fully saturated rings. The van der Waals surface area contributed by atoms with Crippen molar-refractivity contribution in [1.29, 1.82) is 0 Å². The van der Waals surface area contributed by atoms with E-state index in [1.54, 1.807) is 36.3 Å². The molecular formula is C25H24F3N5O5. The molecule has 0 bridgehead atoms. The predicted octanol–water partition coefficient (Wildman–Crippen LogP) is 2.95. The first-order valence-electron chi connectivity index (χ1n) is 11.2. The van der Waals surface area contributed by atoms with Gasteiger partial charge in [-0.3, -0.25) is 9.59 Å². The van der Waals surface area contributed by atoms with Crippen molar-refractivity contribution in [2.75, 3.05) is 38.2 Å². The summed E-state index contributed by atoms with van der Waals surface area (Å²) in [6.07, 6.45) is -3.26. The first-order valence-corrected chi connectivity index (χ1v) is 11.2. The van der Waals surface area contributed by atoms with Crippen LogP contribution in [0, 0.1) is 0 Å². The highest BCUT2D eigenvalue weighted by atomic mass is 19.4. The number of nitrogens with two attached hydrogens (primary N) is 1. The van der Waals surface area contributed by atoms with E-state index in [-0.39, 0.29) is 31.9 Å². The fourth-order valence-electron chi connectivity index (χ4n) is 3.73. The number of rotatable bonds is 5. The van der Waals surface area contributed by atoms with Gasteiger partial charge in [-0.25, -0.2) is 4.79 Å². The maximum atomic E-state index is 13.1. The van der Waals surface area contributed by atoms with Gasteiger partial charge >= 0.3 is 12.1 Å². The second-order valence-corrected chi connectivity index (χ2v) is 7.99. The van der Waals surface area contributed by atoms with Crippen molar-refractivity contribution in [3.05, 3.63) is 83.2 Å². The van der Waals surface area contributed by atoms with Crippen LogP contribution in [0.4, 0.5) is 18.9 Å². The molecule has 0 saturated carbocycles. The minimum absolute atomic E-state index is 0.159. The number of carboxylic acid groups (broad SMARTS) is 1. The number of primary amides is 1. The summed E-state index contributed by atoms with van der Waals surface area (Å²) in [6.45, 7) is 0.858. The van der Waals surface area contributed by atoms with E-state index in [0.29, 0.717) is 11.3 Å². The van der Waals surface area contributed by atoms with Gasteiger partial charge in [-0.2, -0.15) is 18.3 Å². The number of hydrogen-bond donors (Lipinski definition) is 2. The van der Waals surface area contributed by atoms with Crippen LogP contribution >= 0.6 is 0 Å². The minimum Gasteiger partial charge on any atom is -0.497 e. The van der Waals surface area contributed by atoms with Crippen LogP contribution in [-0.4, -0.2) is 71.3 Å². The normalized spacial score (nSPS) is 13.3. The molecule has 3 N–H and O–H groups in total. The second kappa shape index (κ2) is 12.0. The van der Waals surface area contributed by atoms with Crippen LogP contribution < -0.4 is 15.4 Å². The number of aromatic carboxylic acids is 1. The summed E-state index contributed by atoms with van der Waals surface area (Å²) in [7, 11) is 1.57. The molecule has 13 heteroatoms. The zero-order valence-electron chi connectivity index (χ0n) is 20.2. The Morgan fingerprint density at radius 3 is 2.16 bits per heavy atom. The summed E-state index contributed by atoms with van der Waals surface area (Å²) in [6, 6.07) is 12.8. The molecule has 0 unspecified atom stereocenters. The Morgan fingerprint density at radius 2 is 1.61 bits per heavy atom. The lowest BCUT2D eigenvalue weighted by Gasteiger charge is -2.36. The first kappa shape index (κ1) is 27.9. The Bertz CT molecular complexity index is 1290. The molecule has 2 amide bonds. The van der Waals surface area contributed by atoms with Crippen LogP contribution in [0.1, 0.15) is 36.8 Å². The SMILES string of the molecule is COc1ccc(C(N)=O)cc1.O=C(O)c1nnccc1N1CCN(C(=O)c2ccccc2C(F)(F)F)CC1. The number of methoxy groups -OCH3 is 1. The third kappa shape index (κ3) is 6.75. The maximum Gasteiger partial charge on any atom is 0.417 e. The van der Waals surface area contributed by atoms with Gasteiger partial charge in [-0.05, 0) is 42.5 Å². The molecule has 2 aromatic carbocycles. The molecule has 0 atom stereocenters. The number of aromatic nitrogens is 2. The highest BCUT2D eigenvalue weighted by molar-refractivity contribution is 5.96. The van der Waals surface area contributed by atoms with E-state index in [1.807, 2.05) is 0 Å². The summed E-state index contributed by atoms with van der Waals surface area (Å²) < 4.78 is 44.3. The maximum absolute atomic E-state index is 13.1. The molecule has 1 aliphatic heterocycles. The van der Waals surface area contributed by atoms with Gasteiger partial charge in [0.05, 0.1) is 30.1 Å². The predicted molar refractivity (Wildman–Crippen MR) is 130 cm³/mol. The van der Waals surface area contributed by atoms with Gasteiger partial charge in [-0.15, -0.1) is 5.10 Å². The summed E-state index contributed by atoms with van der Waals surface area (Å²) in [5, 5.41) is 16.3. The standard InChI is InChI=1S/C17H15F3N4O3.C8H9NO2/c18-17(19,20)12-4-2-1-3-11(12)15(25)24-9-7-23(8-10-24)13-5-6-21-22-14(13)16(26)27;1-11-7-4-2-6(3-5-7)8(9)10/h1-6H,7-10H2,(H,26,27);2-5H,1H3,(H2,9,10). The van der Waals surface area contributed by atoms with Crippen molar-refractivity contribution in [1.82, 2.24) is 15.1 Å². The molecule has 2 heterocycles. The number of anilines is 1. The lowest BCUT2D eigenvalue weighted by molar-refractivity contribution is -0.138. The third-order valence-electron chi connectivity index (χ3n) is 5.65. The number of amides is 2. The Hall–Kier alpha value is -4.68. The van der Waals surface area contributed by atoms with Gasteiger partial charge in [0.15, 0.2) is 5.69 Å². The largest absolute Gasteiger partial charge is 0.497 e. The average molecular weight is 531 g/mol. The summed E-state index contributed by atoms with van der Waals surface area (Å²) in [5.74, 6) is -1.63. The number of alkyl halides is 3. The number of halogens is 3. The second-order valence-electron chi connectivity index (χ2n) is 7.99. The molecule has 10 nitrogen and oxygen atoms in total. The van der Waals surface area contributed by atoms with Crippen molar-refractivity contribution in [3.8, 4) is 5.75 Å². The molecule has 3 aromatic rings. The Kier molecular flexibility index (Phi) is 8.84. The van der Waals surface area contributed by atoms with E-state index in [9.17, 15) is 32.7 Å². The van der Waals surface area contributed by atoms with Crippen molar-refractivity contribution in [2.45, 2.75) is 6.18 Å². The number of hydrogen-bond acceptors (Lipinski definition) is 7. The fourth-order valence-corrected chi connectivity index (χ4v) is 3.73. The van der Waals surface area contributed by atoms with E-state index in [4.69, 9.17) is 10.5 Å². The van der Waals surface area contributed by atoms with E-state index < -0.39 is 35.1 Å². The van der Waals surface area contributed by atoms with E-state index in [2.05, 4.69) is 10.2 Å². The van der Waals surface area contributed by atoms with Gasteiger partial charge in [0.2, 0.25) is 5.91 Å². The molecule has 38 heavy (non-hydrogen) atoms. The van der Waals surface area contributed by atoms with Gasteiger partial charge in [0, 0.05) is 31.7 Å². The number of piperazine rings is 1. The van der Waals surface area contributed by atoms with Crippen molar-refractivity contribution in [2.24, 2.45) is 5.73 Å². The topological polar surface area (TPSA) is 139 Å². The molecular weight excluding hydrogens is 507 g/mol. The van der Waals surface area contributed by atoms with Crippen molar-refractivity contribution < 1.29 is 37.4 Å². The van der Waals surface area contributed by atoms with Gasteiger partial charge in [0.1, 0.15) is 5.75 Å². The zero-order chi connectivity index (χ0) is 27.9. The van der Waals surface area contributed by atoms with E-state index >= 15 is 0 Å². The lowest BCUT2D eigenvalue weighted by atomic mass is 10.1. The lowest BCUT2D eigenvalue weighted by Crippen LogP contribution is -2.49. The Balaban J connectivity index is 0.000000304. The van der Waals surface area contributed by atoms with Crippen LogP contribution in [0.5, 0.6) is 5.75 Å². The summed E-state index contributed by atoms with van der Waals surface area (Å²) >= 11 is 0. The molecule has 1 aromatic heterocycles. The molecule has 0 radical (unpaired) electrons.